The van der Waals surface area contributed by atoms with Gasteiger partial charge in [-0.3, -0.25) is 9.36 Å². The quantitative estimate of drug-likeness (QED) is 0.384. The van der Waals surface area contributed by atoms with Crippen molar-refractivity contribution in [1.82, 2.24) is 9.13 Å². The minimum absolute atomic E-state index is 0.0176. The molecule has 0 saturated carbocycles. The summed E-state index contributed by atoms with van der Waals surface area (Å²) in [4.78, 5) is 27.3. The summed E-state index contributed by atoms with van der Waals surface area (Å²) in [5.41, 5.74) is 0.197. The molecule has 0 bridgehead atoms. The summed E-state index contributed by atoms with van der Waals surface area (Å²) < 4.78 is 29.0. The third-order valence-electron chi connectivity index (χ3n) is 5.57. The molecule has 8 heteroatoms. The summed E-state index contributed by atoms with van der Waals surface area (Å²) in [5.74, 6) is 0.447. The van der Waals surface area contributed by atoms with Gasteiger partial charge in [0, 0.05) is 21.7 Å². The van der Waals surface area contributed by atoms with Gasteiger partial charge in [-0.2, -0.15) is 0 Å². The molecule has 5 aromatic rings. The van der Waals surface area contributed by atoms with Gasteiger partial charge in [0.1, 0.15) is 10.5 Å². The van der Waals surface area contributed by atoms with Crippen molar-refractivity contribution >= 4 is 31.6 Å². The number of rotatable bonds is 5. The molecular formula is C25H19FN2O4S. The van der Waals surface area contributed by atoms with Crippen LogP contribution in [-0.2, 0) is 6.54 Å². The van der Waals surface area contributed by atoms with Gasteiger partial charge in [-0.15, -0.1) is 11.3 Å². The maximum absolute atomic E-state index is 14.5. The average molecular weight is 463 g/mol. The maximum atomic E-state index is 14.5. The predicted octanol–water partition coefficient (Wildman–Crippen LogP) is 4.57. The Morgan fingerprint density at radius 1 is 0.909 bits per heavy atom. The second kappa shape index (κ2) is 8.22. The van der Waals surface area contributed by atoms with Gasteiger partial charge >= 0.3 is 5.69 Å². The van der Waals surface area contributed by atoms with Gasteiger partial charge in [-0.05, 0) is 24.3 Å². The lowest BCUT2D eigenvalue weighted by Gasteiger charge is -2.15. The van der Waals surface area contributed by atoms with Gasteiger partial charge in [0.05, 0.1) is 32.0 Å². The Balaban J connectivity index is 1.87. The Bertz CT molecular complexity index is 1630. The molecule has 0 unspecified atom stereocenters. The van der Waals surface area contributed by atoms with Crippen molar-refractivity contribution < 1.29 is 13.9 Å². The fraction of sp³-hybridized carbons (Fsp3) is 0.120. The molecule has 0 fully saturated rings. The highest BCUT2D eigenvalue weighted by Gasteiger charge is 2.21. The molecule has 0 aliphatic rings. The van der Waals surface area contributed by atoms with Crippen molar-refractivity contribution in [3.63, 3.8) is 0 Å². The molecule has 0 aliphatic heterocycles. The molecule has 0 atom stereocenters. The van der Waals surface area contributed by atoms with Crippen molar-refractivity contribution in [3.8, 4) is 17.2 Å². The first-order valence-electron chi connectivity index (χ1n) is 10.2. The SMILES string of the molecule is COc1ccc(-n2c(=O)c3sc4ccccc4c3n(Cc3ccccc3F)c2=O)cc1OC. The number of aromatic nitrogens is 2. The predicted molar refractivity (Wildman–Crippen MR) is 128 cm³/mol. The number of thiophene rings is 1. The largest absolute Gasteiger partial charge is 0.493 e. The number of methoxy groups -OCH3 is 2. The number of hydrogen-bond acceptors (Lipinski definition) is 5. The first kappa shape index (κ1) is 21.0. The van der Waals surface area contributed by atoms with Crippen LogP contribution >= 0.6 is 11.3 Å². The Morgan fingerprint density at radius 2 is 1.64 bits per heavy atom. The zero-order valence-corrected chi connectivity index (χ0v) is 18.7. The van der Waals surface area contributed by atoms with Crippen molar-refractivity contribution in [1.29, 1.82) is 0 Å². The molecular weight excluding hydrogens is 443 g/mol. The molecule has 2 heterocycles. The third-order valence-corrected chi connectivity index (χ3v) is 6.72. The fourth-order valence-corrected chi connectivity index (χ4v) is 5.12. The summed E-state index contributed by atoms with van der Waals surface area (Å²) in [6.07, 6.45) is 0. The van der Waals surface area contributed by atoms with Gasteiger partial charge < -0.3 is 9.47 Å². The van der Waals surface area contributed by atoms with Crippen LogP contribution in [0.25, 0.3) is 26.0 Å². The second-order valence-electron chi connectivity index (χ2n) is 7.42. The van der Waals surface area contributed by atoms with Crippen LogP contribution in [0.3, 0.4) is 0 Å². The van der Waals surface area contributed by atoms with Crippen LogP contribution in [0.5, 0.6) is 11.5 Å². The lowest BCUT2D eigenvalue weighted by atomic mass is 10.2. The van der Waals surface area contributed by atoms with Crippen molar-refractivity contribution in [2.45, 2.75) is 6.54 Å². The lowest BCUT2D eigenvalue weighted by molar-refractivity contribution is 0.355. The first-order chi connectivity index (χ1) is 16.0. The summed E-state index contributed by atoms with van der Waals surface area (Å²) in [5, 5.41) is 0.780. The van der Waals surface area contributed by atoms with E-state index in [9.17, 15) is 14.0 Å². The number of halogens is 1. The summed E-state index contributed by atoms with van der Waals surface area (Å²) in [7, 11) is 2.99. The van der Waals surface area contributed by atoms with E-state index in [-0.39, 0.29) is 6.54 Å². The lowest BCUT2D eigenvalue weighted by Crippen LogP contribution is -2.38. The highest BCUT2D eigenvalue weighted by molar-refractivity contribution is 7.25. The van der Waals surface area contributed by atoms with Crippen LogP contribution < -0.4 is 20.7 Å². The van der Waals surface area contributed by atoms with Crippen LogP contribution in [0.4, 0.5) is 4.39 Å². The first-order valence-corrected chi connectivity index (χ1v) is 11.0. The zero-order chi connectivity index (χ0) is 23.1. The highest BCUT2D eigenvalue weighted by Crippen LogP contribution is 2.32. The second-order valence-corrected chi connectivity index (χ2v) is 8.47. The number of hydrogen-bond donors (Lipinski definition) is 0. The van der Waals surface area contributed by atoms with Crippen LogP contribution in [0.1, 0.15) is 5.56 Å². The van der Waals surface area contributed by atoms with Gasteiger partial charge in [0.2, 0.25) is 0 Å². The molecule has 0 aliphatic carbocycles. The molecule has 0 spiro atoms. The van der Waals surface area contributed by atoms with E-state index in [2.05, 4.69) is 0 Å². The van der Waals surface area contributed by atoms with E-state index in [1.807, 2.05) is 24.3 Å². The number of nitrogens with zero attached hydrogens (tertiary/aromatic N) is 2. The minimum Gasteiger partial charge on any atom is -0.493 e. The molecule has 5 rings (SSSR count). The van der Waals surface area contributed by atoms with Crippen LogP contribution in [0.15, 0.2) is 76.3 Å². The van der Waals surface area contributed by atoms with E-state index in [0.29, 0.717) is 33.0 Å². The molecule has 0 amide bonds. The zero-order valence-electron chi connectivity index (χ0n) is 17.9. The third kappa shape index (κ3) is 3.39. The Hall–Kier alpha value is -3.91. The summed E-state index contributed by atoms with van der Waals surface area (Å²) in [6.45, 7) is -0.0176. The number of benzene rings is 3. The minimum atomic E-state index is -0.563. The molecule has 33 heavy (non-hydrogen) atoms. The molecule has 0 N–H and O–H groups in total. The Labute approximate surface area is 191 Å². The van der Waals surface area contributed by atoms with E-state index in [0.717, 1.165) is 14.7 Å². The van der Waals surface area contributed by atoms with E-state index >= 15 is 0 Å². The van der Waals surface area contributed by atoms with E-state index < -0.39 is 17.1 Å². The van der Waals surface area contributed by atoms with E-state index in [1.165, 1.54) is 36.2 Å². The van der Waals surface area contributed by atoms with E-state index in [1.54, 1.807) is 36.4 Å². The monoisotopic (exact) mass is 462 g/mol. The van der Waals surface area contributed by atoms with Gasteiger partial charge in [-0.25, -0.2) is 13.8 Å². The van der Waals surface area contributed by atoms with Crippen LogP contribution in [0.2, 0.25) is 0 Å². The van der Waals surface area contributed by atoms with Gasteiger partial charge in [0.25, 0.3) is 5.56 Å². The standard InChI is InChI=1S/C25H19FN2O4S/c1-31-19-12-11-16(13-20(19)32-2)28-24(29)23-22(17-8-4-6-10-21(17)33-23)27(25(28)30)14-15-7-3-5-9-18(15)26/h3-13H,14H2,1-2H3. The number of ether oxygens (including phenoxy) is 2. The highest BCUT2D eigenvalue weighted by atomic mass is 32.1. The summed E-state index contributed by atoms with van der Waals surface area (Å²) in [6, 6.07) is 18.6. The number of fused-ring (bicyclic) bond motifs is 3. The van der Waals surface area contributed by atoms with Crippen molar-refractivity contribution in [2.75, 3.05) is 14.2 Å². The molecule has 0 radical (unpaired) electrons. The maximum Gasteiger partial charge on any atom is 0.336 e. The molecule has 3 aromatic carbocycles. The fourth-order valence-electron chi connectivity index (χ4n) is 3.98. The average Bonchev–Trinajstić information content (AvgIpc) is 3.23. The summed E-state index contributed by atoms with van der Waals surface area (Å²) >= 11 is 1.31. The molecule has 0 saturated heterocycles. The van der Waals surface area contributed by atoms with Crippen molar-refractivity contribution in [2.24, 2.45) is 0 Å². The van der Waals surface area contributed by atoms with Gasteiger partial charge in [-0.1, -0.05) is 36.4 Å². The van der Waals surface area contributed by atoms with Gasteiger partial charge in [0.15, 0.2) is 11.5 Å². The van der Waals surface area contributed by atoms with Crippen molar-refractivity contribution in [3.05, 3.63) is 98.9 Å². The Kier molecular flexibility index (Phi) is 5.22. The van der Waals surface area contributed by atoms with Crippen LogP contribution in [0, 0.1) is 5.82 Å². The normalized spacial score (nSPS) is 11.2. The molecule has 2 aromatic heterocycles. The molecule has 166 valence electrons. The Morgan fingerprint density at radius 3 is 2.39 bits per heavy atom. The van der Waals surface area contributed by atoms with E-state index in [4.69, 9.17) is 9.47 Å². The molecule has 6 nitrogen and oxygen atoms in total. The van der Waals surface area contributed by atoms with Crippen LogP contribution in [-0.4, -0.2) is 23.4 Å². The topological polar surface area (TPSA) is 62.5 Å². The smallest absolute Gasteiger partial charge is 0.336 e.